The van der Waals surface area contributed by atoms with Crippen molar-refractivity contribution in [2.24, 2.45) is 0 Å². The minimum atomic E-state index is 0.397. The maximum atomic E-state index is 5.47. The van der Waals surface area contributed by atoms with Crippen molar-refractivity contribution >= 4 is 16.5 Å². The summed E-state index contributed by atoms with van der Waals surface area (Å²) in [5.41, 5.74) is 0. The second-order valence-electron chi connectivity index (χ2n) is 2.85. The van der Waals surface area contributed by atoms with Crippen LogP contribution in [-0.4, -0.2) is 24.2 Å². The maximum absolute atomic E-state index is 5.47. The van der Waals surface area contributed by atoms with Crippen molar-refractivity contribution in [2.75, 3.05) is 18.5 Å². The first-order valence-corrected chi connectivity index (χ1v) is 5.08. The van der Waals surface area contributed by atoms with E-state index in [1.54, 1.807) is 11.3 Å². The summed E-state index contributed by atoms with van der Waals surface area (Å²) < 4.78 is 5.47. The molecule has 0 spiro atoms. The number of aromatic nitrogens is 1. The summed E-state index contributed by atoms with van der Waals surface area (Å²) in [6, 6.07) is 0. The molecule has 1 aliphatic heterocycles. The lowest BCUT2D eigenvalue weighted by Crippen LogP contribution is -2.18. The number of rotatable bonds is 3. The van der Waals surface area contributed by atoms with Gasteiger partial charge in [-0.05, 0) is 12.8 Å². The van der Waals surface area contributed by atoms with E-state index in [-0.39, 0.29) is 0 Å². The number of nitrogens with zero attached hydrogens (tertiary/aromatic N) is 1. The molecule has 0 aromatic carbocycles. The highest BCUT2D eigenvalue weighted by atomic mass is 32.1. The number of hydrogen-bond acceptors (Lipinski definition) is 4. The van der Waals surface area contributed by atoms with Gasteiger partial charge < -0.3 is 10.1 Å². The Bertz CT molecular complexity index is 219. The molecule has 1 aromatic rings. The predicted octanol–water partition coefficient (Wildman–Crippen LogP) is 1.73. The standard InChI is InChI=1S/C8H12N2OS/c1-2-7(11-4-1)6-10-8-9-3-5-12-8/h3,5,7H,1-2,4,6H2,(H,9,10)/t7-/m1/s1. The van der Waals surface area contributed by atoms with E-state index in [9.17, 15) is 0 Å². The molecule has 2 rings (SSSR count). The van der Waals surface area contributed by atoms with Crippen molar-refractivity contribution in [1.82, 2.24) is 4.98 Å². The molecule has 66 valence electrons. The molecule has 0 bridgehead atoms. The van der Waals surface area contributed by atoms with Gasteiger partial charge in [0.2, 0.25) is 0 Å². The highest BCUT2D eigenvalue weighted by Crippen LogP contribution is 2.14. The summed E-state index contributed by atoms with van der Waals surface area (Å²) in [5.74, 6) is 0. The van der Waals surface area contributed by atoms with Gasteiger partial charge in [-0.15, -0.1) is 11.3 Å². The molecule has 1 aliphatic rings. The molecule has 0 aliphatic carbocycles. The maximum Gasteiger partial charge on any atom is 0.182 e. The van der Waals surface area contributed by atoms with Gasteiger partial charge in [0.1, 0.15) is 0 Å². The van der Waals surface area contributed by atoms with Gasteiger partial charge in [0.15, 0.2) is 5.13 Å². The summed E-state index contributed by atoms with van der Waals surface area (Å²) >= 11 is 1.63. The molecule has 4 heteroatoms. The summed E-state index contributed by atoms with van der Waals surface area (Å²) in [5, 5.41) is 6.21. The summed E-state index contributed by atoms with van der Waals surface area (Å²) in [6.45, 7) is 1.82. The second-order valence-corrected chi connectivity index (χ2v) is 3.75. The van der Waals surface area contributed by atoms with Crippen LogP contribution in [0.25, 0.3) is 0 Å². The van der Waals surface area contributed by atoms with Crippen molar-refractivity contribution < 1.29 is 4.74 Å². The molecule has 1 atom stereocenters. The molecular formula is C8H12N2OS. The lowest BCUT2D eigenvalue weighted by molar-refractivity contribution is 0.120. The molecule has 0 radical (unpaired) electrons. The Morgan fingerprint density at radius 1 is 1.75 bits per heavy atom. The lowest BCUT2D eigenvalue weighted by Gasteiger charge is -2.08. The van der Waals surface area contributed by atoms with E-state index in [2.05, 4.69) is 10.3 Å². The van der Waals surface area contributed by atoms with Crippen LogP contribution >= 0.6 is 11.3 Å². The van der Waals surface area contributed by atoms with Gasteiger partial charge >= 0.3 is 0 Å². The van der Waals surface area contributed by atoms with Crippen molar-refractivity contribution in [3.05, 3.63) is 11.6 Å². The van der Waals surface area contributed by atoms with Gasteiger partial charge in [-0.1, -0.05) is 0 Å². The third kappa shape index (κ3) is 1.95. The molecule has 1 fully saturated rings. The molecule has 12 heavy (non-hydrogen) atoms. The van der Waals surface area contributed by atoms with Gasteiger partial charge in [0.25, 0.3) is 0 Å². The molecular weight excluding hydrogens is 172 g/mol. The Labute approximate surface area is 75.8 Å². The zero-order chi connectivity index (χ0) is 8.23. The van der Waals surface area contributed by atoms with Crippen LogP contribution in [0.5, 0.6) is 0 Å². The number of ether oxygens (including phenoxy) is 1. The highest BCUT2D eigenvalue weighted by molar-refractivity contribution is 7.13. The molecule has 0 saturated carbocycles. The van der Waals surface area contributed by atoms with Gasteiger partial charge in [0.05, 0.1) is 6.10 Å². The summed E-state index contributed by atoms with van der Waals surface area (Å²) in [6.07, 6.45) is 4.58. The van der Waals surface area contributed by atoms with Gasteiger partial charge in [-0.3, -0.25) is 0 Å². The minimum Gasteiger partial charge on any atom is -0.376 e. The summed E-state index contributed by atoms with van der Waals surface area (Å²) in [4.78, 5) is 4.13. The molecule has 1 aromatic heterocycles. The Hall–Kier alpha value is -0.610. The fourth-order valence-electron chi connectivity index (χ4n) is 1.32. The fraction of sp³-hybridized carbons (Fsp3) is 0.625. The summed E-state index contributed by atoms with van der Waals surface area (Å²) in [7, 11) is 0. The molecule has 2 heterocycles. The number of nitrogens with one attached hydrogen (secondary N) is 1. The highest BCUT2D eigenvalue weighted by Gasteiger charge is 2.14. The Kier molecular flexibility index (Phi) is 2.58. The molecule has 1 saturated heterocycles. The van der Waals surface area contributed by atoms with Crippen LogP contribution in [0.3, 0.4) is 0 Å². The van der Waals surface area contributed by atoms with Crippen molar-refractivity contribution in [3.63, 3.8) is 0 Å². The van der Waals surface area contributed by atoms with Crippen LogP contribution < -0.4 is 5.32 Å². The average Bonchev–Trinajstić information content (AvgIpc) is 2.74. The SMILES string of the molecule is c1csc(NC[C@H]2CCCO2)n1. The first-order chi connectivity index (χ1) is 5.95. The molecule has 1 N–H and O–H groups in total. The van der Waals surface area contributed by atoms with E-state index in [1.807, 2.05) is 11.6 Å². The number of anilines is 1. The third-order valence-electron chi connectivity index (χ3n) is 1.94. The van der Waals surface area contributed by atoms with Crippen LogP contribution in [0.15, 0.2) is 11.6 Å². The Morgan fingerprint density at radius 3 is 3.42 bits per heavy atom. The van der Waals surface area contributed by atoms with Crippen LogP contribution in [0.4, 0.5) is 5.13 Å². The van der Waals surface area contributed by atoms with E-state index >= 15 is 0 Å². The normalized spacial score (nSPS) is 22.8. The number of thiazole rings is 1. The van der Waals surface area contributed by atoms with Gasteiger partial charge in [-0.25, -0.2) is 4.98 Å². The van der Waals surface area contributed by atoms with Crippen LogP contribution in [-0.2, 0) is 4.74 Å². The largest absolute Gasteiger partial charge is 0.376 e. The fourth-order valence-corrected chi connectivity index (χ4v) is 1.86. The Balaban J connectivity index is 1.74. The average molecular weight is 184 g/mol. The monoisotopic (exact) mass is 184 g/mol. The van der Waals surface area contributed by atoms with Gasteiger partial charge in [0, 0.05) is 24.7 Å². The van der Waals surface area contributed by atoms with Crippen LogP contribution in [0.2, 0.25) is 0 Å². The second kappa shape index (κ2) is 3.87. The first-order valence-electron chi connectivity index (χ1n) is 4.20. The number of hydrogen-bond donors (Lipinski definition) is 1. The van der Waals surface area contributed by atoms with Crippen molar-refractivity contribution in [3.8, 4) is 0 Å². The zero-order valence-corrected chi connectivity index (χ0v) is 7.64. The topological polar surface area (TPSA) is 34.1 Å². The molecule has 3 nitrogen and oxygen atoms in total. The molecule has 0 amide bonds. The van der Waals surface area contributed by atoms with E-state index in [1.165, 1.54) is 12.8 Å². The van der Waals surface area contributed by atoms with Crippen LogP contribution in [0, 0.1) is 0 Å². The lowest BCUT2D eigenvalue weighted by atomic mass is 10.2. The quantitative estimate of drug-likeness (QED) is 0.777. The van der Waals surface area contributed by atoms with E-state index in [0.29, 0.717) is 6.10 Å². The van der Waals surface area contributed by atoms with E-state index < -0.39 is 0 Å². The first kappa shape index (κ1) is 8.01. The predicted molar refractivity (Wildman–Crippen MR) is 49.6 cm³/mol. The van der Waals surface area contributed by atoms with Crippen LogP contribution in [0.1, 0.15) is 12.8 Å². The molecule has 0 unspecified atom stereocenters. The van der Waals surface area contributed by atoms with Gasteiger partial charge in [-0.2, -0.15) is 0 Å². The minimum absolute atomic E-state index is 0.397. The Morgan fingerprint density at radius 2 is 2.75 bits per heavy atom. The van der Waals surface area contributed by atoms with Crippen molar-refractivity contribution in [1.29, 1.82) is 0 Å². The van der Waals surface area contributed by atoms with E-state index in [0.717, 1.165) is 18.3 Å². The van der Waals surface area contributed by atoms with Crippen molar-refractivity contribution in [2.45, 2.75) is 18.9 Å². The zero-order valence-electron chi connectivity index (χ0n) is 6.82. The smallest absolute Gasteiger partial charge is 0.182 e. The van der Waals surface area contributed by atoms with E-state index in [4.69, 9.17) is 4.74 Å². The third-order valence-corrected chi connectivity index (χ3v) is 2.67.